The predicted molar refractivity (Wildman–Crippen MR) is 70.8 cm³/mol. The first kappa shape index (κ1) is 14.8. The van der Waals surface area contributed by atoms with Crippen LogP contribution in [-0.4, -0.2) is 56.1 Å². The molecular formula is C13H21N3O4. The molecule has 0 aromatic heterocycles. The van der Waals surface area contributed by atoms with E-state index in [-0.39, 0.29) is 24.5 Å². The summed E-state index contributed by atoms with van der Waals surface area (Å²) in [7, 11) is 2.81. The highest BCUT2D eigenvalue weighted by Gasteiger charge is 2.48. The molecule has 0 aromatic carbocycles. The lowest BCUT2D eigenvalue weighted by Crippen LogP contribution is -2.48. The molecule has 0 aromatic rings. The Kier molecular flexibility index (Phi) is 4.59. The molecule has 1 heterocycles. The summed E-state index contributed by atoms with van der Waals surface area (Å²) in [6.07, 6.45) is 3.21. The van der Waals surface area contributed by atoms with E-state index in [1.807, 2.05) is 4.90 Å². The zero-order valence-corrected chi connectivity index (χ0v) is 11.8. The van der Waals surface area contributed by atoms with Gasteiger partial charge in [0.05, 0.1) is 13.7 Å². The Labute approximate surface area is 118 Å². The summed E-state index contributed by atoms with van der Waals surface area (Å²) in [6, 6.07) is -0.896. The second-order valence-electron chi connectivity index (χ2n) is 5.38. The molecular weight excluding hydrogens is 262 g/mol. The van der Waals surface area contributed by atoms with E-state index in [1.165, 1.54) is 14.2 Å². The number of nitrogens with zero attached hydrogens (tertiary/aromatic N) is 1. The molecule has 2 fully saturated rings. The Balaban J connectivity index is 2.00. The molecule has 3 amide bonds. The normalized spacial score (nSPS) is 28.8. The van der Waals surface area contributed by atoms with E-state index < -0.39 is 11.9 Å². The Hall–Kier alpha value is -1.63. The Morgan fingerprint density at radius 3 is 2.70 bits per heavy atom. The Morgan fingerprint density at radius 2 is 2.05 bits per heavy atom. The van der Waals surface area contributed by atoms with E-state index in [0.717, 1.165) is 19.3 Å². The van der Waals surface area contributed by atoms with Crippen LogP contribution in [-0.2, 0) is 14.3 Å². The number of amides is 3. The Morgan fingerprint density at radius 1 is 1.30 bits per heavy atom. The van der Waals surface area contributed by atoms with Gasteiger partial charge in [-0.25, -0.2) is 4.79 Å². The quantitative estimate of drug-likeness (QED) is 0.695. The molecule has 112 valence electrons. The predicted octanol–water partition coefficient (Wildman–Crippen LogP) is -0.284. The lowest BCUT2D eigenvalue weighted by atomic mass is 9.94. The van der Waals surface area contributed by atoms with Crippen LogP contribution in [0.5, 0.6) is 0 Å². The fourth-order valence-electron chi connectivity index (χ4n) is 3.41. The molecule has 7 nitrogen and oxygen atoms in total. The van der Waals surface area contributed by atoms with E-state index in [4.69, 9.17) is 4.74 Å². The number of hydrogen-bond acceptors (Lipinski definition) is 5. The third-order valence-corrected chi connectivity index (χ3v) is 4.26. The molecule has 0 spiro atoms. The number of rotatable bonds is 3. The molecule has 20 heavy (non-hydrogen) atoms. The van der Waals surface area contributed by atoms with Crippen molar-refractivity contribution >= 4 is 17.9 Å². The van der Waals surface area contributed by atoms with Crippen molar-refractivity contribution < 1.29 is 19.1 Å². The van der Waals surface area contributed by atoms with Crippen LogP contribution in [0.3, 0.4) is 0 Å². The number of carbonyl (C=O) groups excluding carboxylic acids is 3. The van der Waals surface area contributed by atoms with E-state index in [9.17, 15) is 14.4 Å². The summed E-state index contributed by atoms with van der Waals surface area (Å²) in [5.74, 6) is 0.0347. The van der Waals surface area contributed by atoms with Gasteiger partial charge < -0.3 is 10.1 Å². The molecule has 1 aliphatic heterocycles. The number of hydrogen-bond donors (Lipinski definition) is 2. The molecule has 2 aliphatic rings. The topological polar surface area (TPSA) is 87.7 Å². The molecule has 3 atom stereocenters. The van der Waals surface area contributed by atoms with Crippen molar-refractivity contribution in [3.8, 4) is 0 Å². The van der Waals surface area contributed by atoms with Crippen molar-refractivity contribution in [3.05, 3.63) is 0 Å². The van der Waals surface area contributed by atoms with E-state index in [0.29, 0.717) is 12.5 Å². The minimum atomic E-state index is -0.538. The summed E-state index contributed by atoms with van der Waals surface area (Å²) >= 11 is 0. The lowest BCUT2D eigenvalue weighted by Gasteiger charge is -2.24. The first-order valence-corrected chi connectivity index (χ1v) is 6.90. The number of fused-ring (bicyclic) bond motifs is 1. The second-order valence-corrected chi connectivity index (χ2v) is 5.38. The number of nitrogens with one attached hydrogen (secondary N) is 2. The lowest BCUT2D eigenvalue weighted by molar-refractivity contribution is -0.147. The number of carbonyl (C=O) groups is 3. The number of ether oxygens (including phenoxy) is 1. The third kappa shape index (κ3) is 2.92. The highest BCUT2D eigenvalue weighted by atomic mass is 16.5. The first-order valence-electron chi connectivity index (χ1n) is 6.90. The maximum Gasteiger partial charge on any atom is 0.323 e. The molecule has 1 saturated carbocycles. The molecule has 3 unspecified atom stereocenters. The number of esters is 1. The highest BCUT2D eigenvalue weighted by Crippen LogP contribution is 2.42. The van der Waals surface area contributed by atoms with Crippen LogP contribution >= 0.6 is 0 Å². The Bertz CT molecular complexity index is 412. The minimum Gasteiger partial charge on any atom is -0.468 e. The molecule has 2 N–H and O–H groups in total. The summed E-state index contributed by atoms with van der Waals surface area (Å²) in [5, 5.41) is 4.54. The van der Waals surface area contributed by atoms with Crippen LogP contribution in [0.25, 0.3) is 0 Å². The monoisotopic (exact) mass is 283 g/mol. The van der Waals surface area contributed by atoms with Crippen LogP contribution in [0.4, 0.5) is 4.79 Å². The zero-order chi connectivity index (χ0) is 14.7. The molecule has 1 saturated heterocycles. The molecule has 0 radical (unpaired) electrons. The van der Waals surface area contributed by atoms with E-state index in [1.54, 1.807) is 0 Å². The van der Waals surface area contributed by atoms with Crippen LogP contribution < -0.4 is 10.6 Å². The second kappa shape index (κ2) is 6.21. The third-order valence-electron chi connectivity index (χ3n) is 4.26. The molecule has 0 bridgehead atoms. The van der Waals surface area contributed by atoms with Crippen LogP contribution in [0, 0.1) is 11.8 Å². The number of methoxy groups -OCH3 is 1. The van der Waals surface area contributed by atoms with Crippen molar-refractivity contribution in [2.24, 2.45) is 11.8 Å². The first-order chi connectivity index (χ1) is 9.56. The number of imide groups is 1. The highest BCUT2D eigenvalue weighted by molar-refractivity contribution is 5.95. The van der Waals surface area contributed by atoms with Crippen molar-refractivity contribution in [3.63, 3.8) is 0 Å². The van der Waals surface area contributed by atoms with Gasteiger partial charge in [-0.2, -0.15) is 0 Å². The van der Waals surface area contributed by atoms with Crippen molar-refractivity contribution in [2.45, 2.75) is 25.3 Å². The van der Waals surface area contributed by atoms with Crippen LogP contribution in [0.2, 0.25) is 0 Å². The van der Waals surface area contributed by atoms with Crippen molar-refractivity contribution in [2.75, 3.05) is 27.2 Å². The largest absolute Gasteiger partial charge is 0.468 e. The van der Waals surface area contributed by atoms with E-state index in [2.05, 4.69) is 10.6 Å². The fraction of sp³-hybridized carbons (Fsp3) is 0.769. The van der Waals surface area contributed by atoms with Gasteiger partial charge in [0.1, 0.15) is 6.04 Å². The smallest absolute Gasteiger partial charge is 0.323 e. The summed E-state index contributed by atoms with van der Waals surface area (Å²) in [5.41, 5.74) is 0. The molecule has 2 rings (SSSR count). The van der Waals surface area contributed by atoms with Gasteiger partial charge in [0.15, 0.2) is 0 Å². The van der Waals surface area contributed by atoms with Gasteiger partial charge in [-0.3, -0.25) is 19.8 Å². The van der Waals surface area contributed by atoms with Gasteiger partial charge in [0.2, 0.25) is 5.91 Å². The van der Waals surface area contributed by atoms with Crippen molar-refractivity contribution in [1.82, 2.24) is 15.5 Å². The van der Waals surface area contributed by atoms with Gasteiger partial charge >= 0.3 is 12.0 Å². The zero-order valence-electron chi connectivity index (χ0n) is 11.8. The maximum absolute atomic E-state index is 12.0. The molecule has 7 heteroatoms. The van der Waals surface area contributed by atoms with Gasteiger partial charge in [-0.15, -0.1) is 0 Å². The SMILES string of the molecule is CNC(=O)NC(=O)CN1CC2CCCC2C1C(=O)OC. The maximum atomic E-state index is 12.0. The van der Waals surface area contributed by atoms with Gasteiger partial charge in [0.25, 0.3) is 0 Å². The summed E-state index contributed by atoms with van der Waals surface area (Å²) in [4.78, 5) is 36.7. The number of likely N-dealkylation sites (tertiary alicyclic amines) is 1. The minimum absolute atomic E-state index is 0.0419. The van der Waals surface area contributed by atoms with Gasteiger partial charge in [0, 0.05) is 13.6 Å². The average Bonchev–Trinajstić information content (AvgIpc) is 2.97. The fourth-order valence-corrected chi connectivity index (χ4v) is 3.41. The van der Waals surface area contributed by atoms with Crippen molar-refractivity contribution in [1.29, 1.82) is 0 Å². The molecule has 1 aliphatic carbocycles. The number of urea groups is 1. The standard InChI is InChI=1S/C13H21N3O4/c1-14-13(19)15-10(17)7-16-6-8-4-3-5-9(8)11(16)12(18)20-2/h8-9,11H,3-7H2,1-2H3,(H2,14,15,17,19). The average molecular weight is 283 g/mol. The van der Waals surface area contributed by atoms with Crippen LogP contribution in [0.1, 0.15) is 19.3 Å². The van der Waals surface area contributed by atoms with Crippen LogP contribution in [0.15, 0.2) is 0 Å². The summed E-state index contributed by atoms with van der Waals surface area (Å²) < 4.78 is 4.86. The van der Waals surface area contributed by atoms with Gasteiger partial charge in [-0.1, -0.05) is 6.42 Å². The van der Waals surface area contributed by atoms with Gasteiger partial charge in [-0.05, 0) is 24.7 Å². The van der Waals surface area contributed by atoms with E-state index >= 15 is 0 Å². The summed E-state index contributed by atoms with van der Waals surface area (Å²) in [6.45, 7) is 0.756.